The summed E-state index contributed by atoms with van der Waals surface area (Å²) in [6.07, 6.45) is 1.50. The van der Waals surface area contributed by atoms with Crippen molar-refractivity contribution in [3.8, 4) is 6.19 Å². The van der Waals surface area contributed by atoms with Gasteiger partial charge in [0.25, 0.3) is 0 Å². The number of nitriles is 1. The number of benzene rings is 1. The molecule has 0 saturated heterocycles. The lowest BCUT2D eigenvalue weighted by atomic mass is 10.3. The van der Waals surface area contributed by atoms with Crippen molar-refractivity contribution in [1.82, 2.24) is 0 Å². The molecule has 1 rings (SSSR count). The van der Waals surface area contributed by atoms with E-state index in [0.717, 1.165) is 18.2 Å². The van der Waals surface area contributed by atoms with E-state index in [4.69, 9.17) is 5.26 Å². The van der Waals surface area contributed by atoms with Crippen LogP contribution in [-0.2, 0) is 0 Å². The zero-order valence-electron chi connectivity index (χ0n) is 5.44. The highest BCUT2D eigenvalue weighted by atomic mass is 19.1. The Morgan fingerprint density at radius 3 is 2.73 bits per heavy atom. The van der Waals surface area contributed by atoms with Crippen LogP contribution in [-0.4, -0.2) is 0 Å². The van der Waals surface area contributed by atoms with Crippen LogP contribution in [0.3, 0.4) is 0 Å². The Labute approximate surface area is 62.1 Å². The highest BCUT2D eigenvalue weighted by Gasteiger charge is 2.00. The summed E-state index contributed by atoms with van der Waals surface area (Å²) in [4.78, 5) is 0. The van der Waals surface area contributed by atoms with Crippen molar-refractivity contribution < 1.29 is 8.78 Å². The molecule has 0 heterocycles. The lowest BCUT2D eigenvalue weighted by Gasteiger charge is -1.97. The minimum atomic E-state index is -0.645. The third-order valence-corrected chi connectivity index (χ3v) is 1.12. The maximum Gasteiger partial charge on any atom is 0.181 e. The van der Waals surface area contributed by atoms with E-state index in [1.807, 2.05) is 5.32 Å². The lowest BCUT2D eigenvalue weighted by Crippen LogP contribution is -1.92. The number of hydrogen-bond donors (Lipinski definition) is 1. The monoisotopic (exact) mass is 154 g/mol. The second kappa shape index (κ2) is 2.97. The fourth-order valence-electron chi connectivity index (χ4n) is 0.654. The fraction of sp³-hybridized carbons (Fsp3) is 0. The molecule has 0 aliphatic carbocycles. The van der Waals surface area contributed by atoms with E-state index < -0.39 is 11.6 Å². The van der Waals surface area contributed by atoms with Crippen LogP contribution in [0, 0.1) is 23.1 Å². The van der Waals surface area contributed by atoms with E-state index in [2.05, 4.69) is 0 Å². The average Bonchev–Trinajstić information content (AvgIpc) is 1.98. The van der Waals surface area contributed by atoms with Gasteiger partial charge in [-0.3, -0.25) is 5.32 Å². The molecule has 0 amide bonds. The molecular weight excluding hydrogens is 150 g/mol. The van der Waals surface area contributed by atoms with Crippen LogP contribution < -0.4 is 5.32 Å². The Morgan fingerprint density at radius 1 is 1.36 bits per heavy atom. The second-order valence-electron chi connectivity index (χ2n) is 1.86. The summed E-state index contributed by atoms with van der Waals surface area (Å²) in [6.45, 7) is 0. The molecule has 0 aliphatic heterocycles. The topological polar surface area (TPSA) is 35.8 Å². The molecule has 1 aromatic rings. The van der Waals surface area contributed by atoms with Gasteiger partial charge in [-0.15, -0.1) is 0 Å². The SMILES string of the molecule is N#CNc1cc(F)ccc1F. The van der Waals surface area contributed by atoms with Crippen molar-refractivity contribution in [3.63, 3.8) is 0 Å². The van der Waals surface area contributed by atoms with Gasteiger partial charge < -0.3 is 0 Å². The smallest absolute Gasteiger partial charge is 0.181 e. The summed E-state index contributed by atoms with van der Waals surface area (Å²) in [6, 6.07) is 2.85. The Balaban J connectivity index is 3.05. The van der Waals surface area contributed by atoms with Gasteiger partial charge in [-0.25, -0.2) is 8.78 Å². The third-order valence-electron chi connectivity index (χ3n) is 1.12. The van der Waals surface area contributed by atoms with Gasteiger partial charge in [0, 0.05) is 6.07 Å². The molecule has 0 aromatic heterocycles. The van der Waals surface area contributed by atoms with Gasteiger partial charge in [-0.1, -0.05) is 0 Å². The molecular formula is C7H4F2N2. The van der Waals surface area contributed by atoms with Crippen LogP contribution >= 0.6 is 0 Å². The van der Waals surface area contributed by atoms with Crippen LogP contribution in [0.15, 0.2) is 18.2 Å². The van der Waals surface area contributed by atoms with E-state index >= 15 is 0 Å². The zero-order chi connectivity index (χ0) is 8.27. The van der Waals surface area contributed by atoms with Gasteiger partial charge in [0.1, 0.15) is 11.6 Å². The van der Waals surface area contributed by atoms with Crippen LogP contribution in [0.5, 0.6) is 0 Å². The Hall–Kier alpha value is -1.63. The van der Waals surface area contributed by atoms with Crippen molar-refractivity contribution in [2.24, 2.45) is 0 Å². The first kappa shape index (κ1) is 7.48. The minimum absolute atomic E-state index is 0.146. The standard InChI is InChI=1S/C7H4F2N2/c8-5-1-2-6(9)7(3-5)11-4-10/h1-3,11H. The predicted molar refractivity (Wildman–Crippen MR) is 35.6 cm³/mol. The summed E-state index contributed by atoms with van der Waals surface area (Å²) in [5, 5.41) is 10.1. The zero-order valence-corrected chi connectivity index (χ0v) is 5.44. The van der Waals surface area contributed by atoms with Crippen molar-refractivity contribution in [2.45, 2.75) is 0 Å². The number of nitrogens with zero attached hydrogens (tertiary/aromatic N) is 1. The molecule has 0 aliphatic rings. The van der Waals surface area contributed by atoms with Gasteiger partial charge in [0.15, 0.2) is 6.19 Å². The molecule has 0 spiro atoms. The maximum atomic E-state index is 12.6. The molecule has 2 nitrogen and oxygen atoms in total. The van der Waals surface area contributed by atoms with Gasteiger partial charge in [-0.2, -0.15) is 5.26 Å². The first-order chi connectivity index (χ1) is 5.24. The average molecular weight is 154 g/mol. The summed E-state index contributed by atoms with van der Waals surface area (Å²) in [5.41, 5.74) is -0.146. The molecule has 0 atom stereocenters. The summed E-state index contributed by atoms with van der Waals surface area (Å²) in [7, 11) is 0. The number of anilines is 1. The summed E-state index contributed by atoms with van der Waals surface area (Å²) >= 11 is 0. The predicted octanol–water partition coefficient (Wildman–Crippen LogP) is 1.86. The largest absolute Gasteiger partial charge is 0.290 e. The number of halogens is 2. The van der Waals surface area contributed by atoms with Gasteiger partial charge in [0.05, 0.1) is 5.69 Å². The Kier molecular flexibility index (Phi) is 2.02. The van der Waals surface area contributed by atoms with Gasteiger partial charge >= 0.3 is 0 Å². The van der Waals surface area contributed by atoms with E-state index in [1.165, 1.54) is 6.19 Å². The first-order valence-corrected chi connectivity index (χ1v) is 2.84. The molecule has 0 saturated carbocycles. The maximum absolute atomic E-state index is 12.6. The van der Waals surface area contributed by atoms with Crippen molar-refractivity contribution in [1.29, 1.82) is 5.26 Å². The molecule has 11 heavy (non-hydrogen) atoms. The number of nitrogens with one attached hydrogen (secondary N) is 1. The highest BCUT2D eigenvalue weighted by Crippen LogP contribution is 2.13. The Bertz CT molecular complexity index is 304. The highest BCUT2D eigenvalue weighted by molar-refractivity contribution is 5.47. The minimum Gasteiger partial charge on any atom is -0.290 e. The van der Waals surface area contributed by atoms with Crippen LogP contribution in [0.2, 0.25) is 0 Å². The molecule has 56 valence electrons. The van der Waals surface area contributed by atoms with Crippen molar-refractivity contribution in [2.75, 3.05) is 5.32 Å². The van der Waals surface area contributed by atoms with Crippen LogP contribution in [0.25, 0.3) is 0 Å². The number of hydrogen-bond acceptors (Lipinski definition) is 2. The lowest BCUT2D eigenvalue weighted by molar-refractivity contribution is 0.603. The van der Waals surface area contributed by atoms with E-state index in [-0.39, 0.29) is 5.69 Å². The van der Waals surface area contributed by atoms with Crippen molar-refractivity contribution >= 4 is 5.69 Å². The molecule has 0 fully saturated rings. The van der Waals surface area contributed by atoms with Gasteiger partial charge in [-0.05, 0) is 12.1 Å². The molecule has 0 unspecified atom stereocenters. The third kappa shape index (κ3) is 1.64. The molecule has 1 N–H and O–H groups in total. The van der Waals surface area contributed by atoms with Crippen molar-refractivity contribution in [3.05, 3.63) is 29.8 Å². The number of rotatable bonds is 1. The van der Waals surface area contributed by atoms with Crippen LogP contribution in [0.1, 0.15) is 0 Å². The van der Waals surface area contributed by atoms with E-state index in [9.17, 15) is 8.78 Å². The normalized spacial score (nSPS) is 8.82. The molecule has 0 radical (unpaired) electrons. The fourth-order valence-corrected chi connectivity index (χ4v) is 0.654. The summed E-state index contributed by atoms with van der Waals surface area (Å²) < 4.78 is 24.9. The van der Waals surface area contributed by atoms with E-state index in [1.54, 1.807) is 0 Å². The van der Waals surface area contributed by atoms with E-state index in [0.29, 0.717) is 0 Å². The molecule has 1 aromatic carbocycles. The van der Waals surface area contributed by atoms with Gasteiger partial charge in [0.2, 0.25) is 0 Å². The van der Waals surface area contributed by atoms with Crippen LogP contribution in [0.4, 0.5) is 14.5 Å². The Morgan fingerprint density at radius 2 is 2.09 bits per heavy atom. The molecule has 4 heteroatoms. The summed E-state index contributed by atoms with van der Waals surface area (Å²) in [5.74, 6) is -1.22. The quantitative estimate of drug-likeness (QED) is 0.495. The first-order valence-electron chi connectivity index (χ1n) is 2.84. The molecule has 0 bridgehead atoms. The second-order valence-corrected chi connectivity index (χ2v) is 1.86.